The van der Waals surface area contributed by atoms with Gasteiger partial charge >= 0.3 is 0 Å². The predicted octanol–water partition coefficient (Wildman–Crippen LogP) is 2.58. The molecule has 0 saturated heterocycles. The second kappa shape index (κ2) is 5.71. The first kappa shape index (κ1) is 12.0. The summed E-state index contributed by atoms with van der Waals surface area (Å²) in [6.45, 7) is 2.44. The molecule has 0 bridgehead atoms. The van der Waals surface area contributed by atoms with Crippen LogP contribution in [-0.2, 0) is 0 Å². The number of hydrogen-bond acceptors (Lipinski definition) is 3. The maximum Gasteiger partial charge on any atom is 0.0445 e. The lowest BCUT2D eigenvalue weighted by atomic mass is 10.1. The van der Waals surface area contributed by atoms with Gasteiger partial charge in [-0.1, -0.05) is 25.1 Å². The van der Waals surface area contributed by atoms with Crippen LogP contribution in [0.1, 0.15) is 31.4 Å². The van der Waals surface area contributed by atoms with E-state index in [1.54, 1.807) is 0 Å². The Morgan fingerprint density at radius 2 is 2.31 bits per heavy atom. The Bertz CT molecular complexity index is 342. The van der Waals surface area contributed by atoms with Crippen molar-refractivity contribution in [2.24, 2.45) is 0 Å². The van der Waals surface area contributed by atoms with E-state index < -0.39 is 0 Å². The molecule has 88 valence electrons. The molecule has 0 aromatic heterocycles. The molecule has 1 heterocycles. The molecule has 1 aromatic carbocycles. The molecule has 2 N–H and O–H groups in total. The Morgan fingerprint density at radius 3 is 3.06 bits per heavy atom. The van der Waals surface area contributed by atoms with E-state index in [-0.39, 0.29) is 6.61 Å². The lowest BCUT2D eigenvalue weighted by molar-refractivity contribution is 0.257. The molecule has 0 spiro atoms. The molecule has 2 unspecified atom stereocenters. The molecule has 16 heavy (non-hydrogen) atoms. The summed E-state index contributed by atoms with van der Waals surface area (Å²) < 4.78 is 0. The second-order valence-corrected chi connectivity index (χ2v) is 5.25. The topological polar surface area (TPSA) is 32.3 Å². The summed E-state index contributed by atoms with van der Waals surface area (Å²) in [5, 5.41) is 12.6. The fraction of sp³-hybridized carbons (Fsp3) is 0.538. The van der Waals surface area contributed by atoms with E-state index in [4.69, 9.17) is 5.11 Å². The molecule has 0 amide bonds. The van der Waals surface area contributed by atoms with Crippen molar-refractivity contribution in [3.05, 3.63) is 29.8 Å². The Morgan fingerprint density at radius 1 is 1.50 bits per heavy atom. The first-order valence-corrected chi connectivity index (χ1v) is 6.92. The van der Waals surface area contributed by atoms with Crippen LogP contribution in [0, 0.1) is 0 Å². The lowest BCUT2D eigenvalue weighted by Crippen LogP contribution is -2.33. The van der Waals surface area contributed by atoms with Crippen LogP contribution in [-0.4, -0.2) is 23.5 Å². The van der Waals surface area contributed by atoms with Crippen molar-refractivity contribution in [2.45, 2.75) is 36.7 Å². The minimum atomic E-state index is 0.271. The fourth-order valence-electron chi connectivity index (χ4n) is 2.15. The molecular formula is C13H19NOS. The van der Waals surface area contributed by atoms with Crippen molar-refractivity contribution < 1.29 is 5.11 Å². The Hall–Kier alpha value is -0.510. The fourth-order valence-corrected chi connectivity index (χ4v) is 3.32. The average molecular weight is 237 g/mol. The smallest absolute Gasteiger partial charge is 0.0445 e. The van der Waals surface area contributed by atoms with Gasteiger partial charge in [0.25, 0.3) is 0 Å². The second-order valence-electron chi connectivity index (χ2n) is 4.19. The number of hydrogen-bond donors (Lipinski definition) is 2. The highest BCUT2D eigenvalue weighted by molar-refractivity contribution is 7.99. The van der Waals surface area contributed by atoms with E-state index in [9.17, 15) is 0 Å². The minimum Gasteiger partial charge on any atom is -0.396 e. The van der Waals surface area contributed by atoms with Gasteiger partial charge in [0, 0.05) is 29.3 Å². The van der Waals surface area contributed by atoms with Crippen LogP contribution < -0.4 is 5.32 Å². The summed E-state index contributed by atoms with van der Waals surface area (Å²) in [5.41, 5.74) is 1.42. The van der Waals surface area contributed by atoms with Crippen molar-refractivity contribution in [3.8, 4) is 0 Å². The molecule has 2 rings (SSSR count). The number of aliphatic hydroxyl groups excluding tert-OH is 1. The highest BCUT2D eigenvalue weighted by Gasteiger charge is 2.24. The van der Waals surface area contributed by atoms with E-state index in [1.807, 2.05) is 11.8 Å². The summed E-state index contributed by atoms with van der Waals surface area (Å²) in [5.74, 6) is 1.11. The van der Waals surface area contributed by atoms with Gasteiger partial charge in [-0.2, -0.15) is 0 Å². The Labute approximate surface area is 101 Å². The number of benzene rings is 1. The molecule has 1 aliphatic rings. The first-order valence-electron chi connectivity index (χ1n) is 5.93. The molecule has 2 atom stereocenters. The van der Waals surface area contributed by atoms with Crippen LogP contribution in [0.15, 0.2) is 29.2 Å². The monoisotopic (exact) mass is 237 g/mol. The van der Waals surface area contributed by atoms with Gasteiger partial charge in [-0.25, -0.2) is 0 Å². The van der Waals surface area contributed by atoms with Gasteiger partial charge in [0.15, 0.2) is 0 Å². The molecule has 0 fully saturated rings. The standard InChI is InChI=1S/C13H19NOS/c1-2-10(7-8-15)14-12-9-16-13-6-4-3-5-11(12)13/h3-6,10,12,14-15H,2,7-9H2,1H3. The molecule has 1 aliphatic heterocycles. The van der Waals surface area contributed by atoms with Gasteiger partial charge in [0.05, 0.1) is 0 Å². The van der Waals surface area contributed by atoms with Crippen molar-refractivity contribution in [3.63, 3.8) is 0 Å². The predicted molar refractivity (Wildman–Crippen MR) is 68.8 cm³/mol. The van der Waals surface area contributed by atoms with Crippen molar-refractivity contribution >= 4 is 11.8 Å². The van der Waals surface area contributed by atoms with Crippen LogP contribution in [0.25, 0.3) is 0 Å². The van der Waals surface area contributed by atoms with Crippen molar-refractivity contribution in [2.75, 3.05) is 12.4 Å². The minimum absolute atomic E-state index is 0.271. The normalized spacial score (nSPS) is 20.8. The highest BCUT2D eigenvalue weighted by atomic mass is 32.2. The number of nitrogens with one attached hydrogen (secondary N) is 1. The number of rotatable bonds is 5. The first-order chi connectivity index (χ1) is 7.85. The molecule has 0 aliphatic carbocycles. The zero-order chi connectivity index (χ0) is 11.4. The number of fused-ring (bicyclic) bond motifs is 1. The number of thioether (sulfide) groups is 1. The molecular weight excluding hydrogens is 218 g/mol. The van der Waals surface area contributed by atoms with Crippen molar-refractivity contribution in [1.29, 1.82) is 0 Å². The van der Waals surface area contributed by atoms with Gasteiger partial charge < -0.3 is 10.4 Å². The third-order valence-electron chi connectivity index (χ3n) is 3.11. The third kappa shape index (κ3) is 2.59. The zero-order valence-corrected chi connectivity index (χ0v) is 10.5. The molecule has 0 radical (unpaired) electrons. The van der Waals surface area contributed by atoms with Crippen LogP contribution in [0.4, 0.5) is 0 Å². The largest absolute Gasteiger partial charge is 0.396 e. The van der Waals surface area contributed by atoms with Gasteiger partial charge in [-0.3, -0.25) is 0 Å². The molecule has 2 nitrogen and oxygen atoms in total. The Balaban J connectivity index is 2.02. The van der Waals surface area contributed by atoms with E-state index >= 15 is 0 Å². The number of aliphatic hydroxyl groups is 1. The van der Waals surface area contributed by atoms with E-state index in [0.29, 0.717) is 12.1 Å². The lowest BCUT2D eigenvalue weighted by Gasteiger charge is -2.21. The summed E-state index contributed by atoms with van der Waals surface area (Å²) in [4.78, 5) is 1.40. The van der Waals surface area contributed by atoms with Crippen molar-refractivity contribution in [1.82, 2.24) is 5.32 Å². The summed E-state index contributed by atoms with van der Waals surface area (Å²) in [6.07, 6.45) is 1.92. The summed E-state index contributed by atoms with van der Waals surface area (Å²) in [6, 6.07) is 9.48. The highest BCUT2D eigenvalue weighted by Crippen LogP contribution is 2.38. The van der Waals surface area contributed by atoms with E-state index in [1.165, 1.54) is 10.5 Å². The van der Waals surface area contributed by atoms with Crippen LogP contribution in [0.3, 0.4) is 0 Å². The SMILES string of the molecule is CCC(CCO)NC1CSc2ccccc21. The molecule has 3 heteroatoms. The van der Waals surface area contributed by atoms with Gasteiger partial charge in [0.1, 0.15) is 0 Å². The maximum absolute atomic E-state index is 8.99. The van der Waals surface area contributed by atoms with Gasteiger partial charge in [-0.05, 0) is 24.5 Å². The van der Waals surface area contributed by atoms with Gasteiger partial charge in [0.2, 0.25) is 0 Å². The van der Waals surface area contributed by atoms with Crippen LogP contribution in [0.5, 0.6) is 0 Å². The maximum atomic E-state index is 8.99. The summed E-state index contributed by atoms with van der Waals surface area (Å²) in [7, 11) is 0. The molecule has 0 saturated carbocycles. The van der Waals surface area contributed by atoms with Gasteiger partial charge in [-0.15, -0.1) is 11.8 Å². The quantitative estimate of drug-likeness (QED) is 0.825. The van der Waals surface area contributed by atoms with Crippen LogP contribution >= 0.6 is 11.8 Å². The average Bonchev–Trinajstić information content (AvgIpc) is 2.72. The van der Waals surface area contributed by atoms with E-state index in [0.717, 1.165) is 18.6 Å². The third-order valence-corrected chi connectivity index (χ3v) is 4.29. The molecule has 1 aromatic rings. The Kier molecular flexibility index (Phi) is 4.27. The zero-order valence-electron chi connectivity index (χ0n) is 9.65. The van der Waals surface area contributed by atoms with E-state index in [2.05, 4.69) is 36.5 Å². The summed E-state index contributed by atoms with van der Waals surface area (Å²) >= 11 is 1.92. The van der Waals surface area contributed by atoms with Crippen LogP contribution in [0.2, 0.25) is 0 Å².